The summed E-state index contributed by atoms with van der Waals surface area (Å²) < 4.78 is 19.6. The molecule has 0 aromatic heterocycles. The highest BCUT2D eigenvalue weighted by molar-refractivity contribution is 9.10. The van der Waals surface area contributed by atoms with Gasteiger partial charge in [0.1, 0.15) is 22.9 Å². The van der Waals surface area contributed by atoms with Crippen molar-refractivity contribution in [3.8, 4) is 11.5 Å². The lowest BCUT2D eigenvalue weighted by molar-refractivity contribution is 0.0689. The molecule has 2 rings (SSSR count). The largest absolute Gasteiger partial charge is 0.477 e. The Morgan fingerprint density at radius 2 is 2.00 bits per heavy atom. The number of benzene rings is 2. The van der Waals surface area contributed by atoms with Gasteiger partial charge in [-0.15, -0.1) is 0 Å². The maximum Gasteiger partial charge on any atom is 0.342 e. The first-order valence-corrected chi connectivity index (χ1v) is 6.31. The number of carbonyl (C=O) groups is 1. The Balaban J connectivity index is 2.46. The fourth-order valence-electron chi connectivity index (χ4n) is 1.47. The van der Waals surface area contributed by atoms with Gasteiger partial charge in [0, 0.05) is 4.47 Å². The van der Waals surface area contributed by atoms with Gasteiger partial charge >= 0.3 is 5.97 Å². The van der Waals surface area contributed by atoms with Crippen LogP contribution >= 0.6 is 27.5 Å². The third kappa shape index (κ3) is 3.05. The molecule has 0 radical (unpaired) electrons. The normalized spacial score (nSPS) is 10.3. The number of carboxylic acid groups (broad SMARTS) is 1. The topological polar surface area (TPSA) is 46.5 Å². The van der Waals surface area contributed by atoms with E-state index in [1.807, 2.05) is 0 Å². The minimum atomic E-state index is -1.40. The number of carboxylic acids is 1. The van der Waals surface area contributed by atoms with Crippen LogP contribution in [0.5, 0.6) is 11.5 Å². The molecule has 0 aliphatic rings. The molecule has 0 saturated heterocycles. The number of hydrogen-bond donors (Lipinski definition) is 1. The summed E-state index contributed by atoms with van der Waals surface area (Å²) in [6.07, 6.45) is 0. The van der Waals surface area contributed by atoms with E-state index < -0.39 is 17.3 Å². The Labute approximate surface area is 121 Å². The smallest absolute Gasteiger partial charge is 0.342 e. The Morgan fingerprint density at radius 1 is 1.26 bits per heavy atom. The average molecular weight is 346 g/mol. The molecule has 2 aromatic rings. The molecular weight excluding hydrogens is 338 g/mol. The van der Waals surface area contributed by atoms with E-state index in [9.17, 15) is 9.18 Å². The highest BCUT2D eigenvalue weighted by Gasteiger charge is 2.18. The molecule has 0 heterocycles. The molecule has 0 atom stereocenters. The third-order valence-electron chi connectivity index (χ3n) is 2.30. The maximum atomic E-state index is 13.5. The average Bonchev–Trinajstić information content (AvgIpc) is 2.33. The van der Waals surface area contributed by atoms with Crippen molar-refractivity contribution in [3.63, 3.8) is 0 Å². The van der Waals surface area contributed by atoms with E-state index in [1.54, 1.807) is 18.2 Å². The summed E-state index contributed by atoms with van der Waals surface area (Å²) in [7, 11) is 0. The van der Waals surface area contributed by atoms with Crippen LogP contribution < -0.4 is 4.74 Å². The van der Waals surface area contributed by atoms with Gasteiger partial charge in [0.05, 0.1) is 5.02 Å². The number of hydrogen-bond acceptors (Lipinski definition) is 2. The fourth-order valence-corrected chi connectivity index (χ4v) is 1.97. The molecule has 6 heteroatoms. The van der Waals surface area contributed by atoms with Gasteiger partial charge in [-0.3, -0.25) is 0 Å². The lowest BCUT2D eigenvalue weighted by Crippen LogP contribution is -2.03. The van der Waals surface area contributed by atoms with Crippen LogP contribution in [0.3, 0.4) is 0 Å². The van der Waals surface area contributed by atoms with Gasteiger partial charge < -0.3 is 9.84 Å². The number of ether oxygens (including phenoxy) is 1. The molecule has 3 nitrogen and oxygen atoms in total. The van der Waals surface area contributed by atoms with E-state index in [-0.39, 0.29) is 11.5 Å². The van der Waals surface area contributed by atoms with E-state index >= 15 is 0 Å². The zero-order valence-electron chi connectivity index (χ0n) is 9.36. The molecule has 0 spiro atoms. The van der Waals surface area contributed by atoms with E-state index in [0.717, 1.165) is 6.07 Å². The second-order valence-corrected chi connectivity index (χ2v) is 4.92. The van der Waals surface area contributed by atoms with Crippen LogP contribution in [-0.2, 0) is 0 Å². The minimum Gasteiger partial charge on any atom is -0.477 e. The summed E-state index contributed by atoms with van der Waals surface area (Å²) in [4.78, 5) is 11.0. The third-order valence-corrected chi connectivity index (χ3v) is 3.11. The molecule has 0 aliphatic heterocycles. The van der Waals surface area contributed by atoms with E-state index in [0.29, 0.717) is 9.50 Å². The number of halogens is 3. The zero-order valence-corrected chi connectivity index (χ0v) is 11.7. The van der Waals surface area contributed by atoms with Gasteiger partial charge in [0.15, 0.2) is 0 Å². The minimum absolute atomic E-state index is 0.104. The zero-order chi connectivity index (χ0) is 14.0. The fraction of sp³-hybridized carbons (Fsp3) is 0. The molecule has 1 N–H and O–H groups in total. The van der Waals surface area contributed by atoms with Crippen LogP contribution in [0.2, 0.25) is 5.02 Å². The lowest BCUT2D eigenvalue weighted by atomic mass is 10.2. The maximum absolute atomic E-state index is 13.5. The first-order chi connectivity index (χ1) is 8.99. The quantitative estimate of drug-likeness (QED) is 0.874. The molecule has 0 fully saturated rings. The van der Waals surface area contributed by atoms with Crippen molar-refractivity contribution < 1.29 is 19.0 Å². The second-order valence-electron chi connectivity index (χ2n) is 3.59. The van der Waals surface area contributed by atoms with E-state index in [1.165, 1.54) is 12.1 Å². The molecule has 2 aromatic carbocycles. The standard InChI is InChI=1S/C13H7BrClFO3/c14-7-4-5-8(15)11(6-7)19-10-3-1-2-9(16)12(10)13(17)18/h1-6H,(H,17,18). The van der Waals surface area contributed by atoms with Crippen LogP contribution in [0.15, 0.2) is 40.9 Å². The molecular formula is C13H7BrClFO3. The van der Waals surface area contributed by atoms with Crippen LogP contribution in [0.1, 0.15) is 10.4 Å². The van der Waals surface area contributed by atoms with Crippen molar-refractivity contribution in [2.75, 3.05) is 0 Å². The molecule has 0 aliphatic carbocycles. The van der Waals surface area contributed by atoms with Crippen molar-refractivity contribution in [2.45, 2.75) is 0 Å². The Bertz CT molecular complexity index is 646. The molecule has 19 heavy (non-hydrogen) atoms. The summed E-state index contributed by atoms with van der Waals surface area (Å²) in [5.74, 6) is -2.13. The van der Waals surface area contributed by atoms with Gasteiger partial charge in [0.2, 0.25) is 0 Å². The summed E-state index contributed by atoms with van der Waals surface area (Å²) in [5.41, 5.74) is -0.529. The Hall–Kier alpha value is -1.59. The predicted octanol–water partition coefficient (Wildman–Crippen LogP) is 4.73. The Morgan fingerprint density at radius 3 is 2.68 bits per heavy atom. The molecule has 0 saturated carbocycles. The number of aromatic carboxylic acids is 1. The van der Waals surface area contributed by atoms with Gasteiger partial charge in [-0.1, -0.05) is 33.6 Å². The van der Waals surface area contributed by atoms with E-state index in [4.69, 9.17) is 21.4 Å². The summed E-state index contributed by atoms with van der Waals surface area (Å²) in [6, 6.07) is 8.64. The first-order valence-electron chi connectivity index (χ1n) is 5.13. The highest BCUT2D eigenvalue weighted by atomic mass is 79.9. The second kappa shape index (κ2) is 5.59. The summed E-state index contributed by atoms with van der Waals surface area (Å²) >= 11 is 9.17. The highest BCUT2D eigenvalue weighted by Crippen LogP contribution is 2.34. The van der Waals surface area contributed by atoms with Crippen LogP contribution in [0.25, 0.3) is 0 Å². The van der Waals surface area contributed by atoms with Crippen LogP contribution in [0.4, 0.5) is 4.39 Å². The molecule has 98 valence electrons. The molecule has 0 unspecified atom stereocenters. The molecule has 0 bridgehead atoms. The van der Waals surface area contributed by atoms with Gasteiger partial charge in [-0.05, 0) is 30.3 Å². The number of rotatable bonds is 3. The van der Waals surface area contributed by atoms with Gasteiger partial charge in [-0.2, -0.15) is 0 Å². The van der Waals surface area contributed by atoms with Crippen molar-refractivity contribution >= 4 is 33.5 Å². The van der Waals surface area contributed by atoms with Gasteiger partial charge in [0.25, 0.3) is 0 Å². The Kier molecular flexibility index (Phi) is 4.07. The first kappa shape index (κ1) is 13.8. The predicted molar refractivity (Wildman–Crippen MR) is 72.6 cm³/mol. The van der Waals surface area contributed by atoms with Crippen LogP contribution in [-0.4, -0.2) is 11.1 Å². The van der Waals surface area contributed by atoms with E-state index in [2.05, 4.69) is 15.9 Å². The van der Waals surface area contributed by atoms with Crippen molar-refractivity contribution in [3.05, 3.63) is 57.3 Å². The lowest BCUT2D eigenvalue weighted by Gasteiger charge is -2.10. The summed E-state index contributed by atoms with van der Waals surface area (Å²) in [5, 5.41) is 9.28. The van der Waals surface area contributed by atoms with Crippen molar-refractivity contribution in [2.24, 2.45) is 0 Å². The van der Waals surface area contributed by atoms with Gasteiger partial charge in [-0.25, -0.2) is 9.18 Å². The van der Waals surface area contributed by atoms with Crippen LogP contribution in [0, 0.1) is 5.82 Å². The monoisotopic (exact) mass is 344 g/mol. The summed E-state index contributed by atoms with van der Waals surface area (Å²) in [6.45, 7) is 0. The van der Waals surface area contributed by atoms with Crippen molar-refractivity contribution in [1.82, 2.24) is 0 Å². The van der Waals surface area contributed by atoms with Crippen molar-refractivity contribution in [1.29, 1.82) is 0 Å². The molecule has 0 amide bonds. The SMILES string of the molecule is O=C(O)c1c(F)cccc1Oc1cc(Br)ccc1Cl.